The van der Waals surface area contributed by atoms with Crippen LogP contribution in [0.25, 0.3) is 0 Å². The SMILES string of the molecule is C[C@]1(Cc2ccc3c(c2)OCO3)CCC(=O)N(CC2(CO)CC2)C1. The Morgan fingerprint density at radius 1 is 1.21 bits per heavy atom. The van der Waals surface area contributed by atoms with Gasteiger partial charge in [0.25, 0.3) is 0 Å². The smallest absolute Gasteiger partial charge is 0.231 e. The van der Waals surface area contributed by atoms with E-state index < -0.39 is 0 Å². The minimum absolute atomic E-state index is 0.0212. The van der Waals surface area contributed by atoms with Crippen molar-refractivity contribution < 1.29 is 19.4 Å². The zero-order valence-corrected chi connectivity index (χ0v) is 14.2. The molecule has 3 aliphatic rings. The summed E-state index contributed by atoms with van der Waals surface area (Å²) in [5.74, 6) is 1.86. The maximum atomic E-state index is 12.3. The number of benzene rings is 1. The molecule has 2 heterocycles. The second kappa shape index (κ2) is 5.66. The molecule has 0 aromatic heterocycles. The topological polar surface area (TPSA) is 59.0 Å². The number of piperidine rings is 1. The molecule has 1 saturated heterocycles. The number of rotatable bonds is 5. The first kappa shape index (κ1) is 15.8. The number of ether oxygens (including phenoxy) is 2. The van der Waals surface area contributed by atoms with Gasteiger partial charge >= 0.3 is 0 Å². The van der Waals surface area contributed by atoms with Crippen LogP contribution in [-0.4, -0.2) is 42.4 Å². The number of carbonyl (C=O) groups excluding carboxylic acids is 1. The van der Waals surface area contributed by atoms with Crippen molar-refractivity contribution in [2.24, 2.45) is 10.8 Å². The number of carbonyl (C=O) groups is 1. The second-order valence-corrected chi connectivity index (χ2v) is 8.08. The lowest BCUT2D eigenvalue weighted by Crippen LogP contribution is -2.48. The zero-order chi connectivity index (χ0) is 16.8. The predicted octanol–water partition coefficient (Wildman–Crippen LogP) is 2.36. The first-order chi connectivity index (χ1) is 11.5. The molecule has 130 valence electrons. The first-order valence-corrected chi connectivity index (χ1v) is 8.78. The number of aliphatic hydroxyl groups is 1. The second-order valence-electron chi connectivity index (χ2n) is 8.08. The van der Waals surface area contributed by atoms with Crippen LogP contribution in [0.2, 0.25) is 0 Å². The molecule has 0 spiro atoms. The van der Waals surface area contributed by atoms with Gasteiger partial charge in [0.2, 0.25) is 12.7 Å². The average Bonchev–Trinajstić information content (AvgIpc) is 3.18. The lowest BCUT2D eigenvalue weighted by atomic mass is 9.76. The molecule has 1 saturated carbocycles. The third kappa shape index (κ3) is 2.97. The molecule has 1 amide bonds. The molecule has 1 aromatic carbocycles. The van der Waals surface area contributed by atoms with Crippen molar-refractivity contribution in [2.75, 3.05) is 26.5 Å². The maximum Gasteiger partial charge on any atom is 0.231 e. The number of hydrogen-bond donors (Lipinski definition) is 1. The minimum Gasteiger partial charge on any atom is -0.454 e. The maximum absolute atomic E-state index is 12.3. The molecule has 2 aliphatic heterocycles. The summed E-state index contributed by atoms with van der Waals surface area (Å²) in [5, 5.41) is 9.56. The fourth-order valence-corrected chi connectivity index (χ4v) is 3.97. The number of aliphatic hydroxyl groups excluding tert-OH is 1. The molecule has 0 unspecified atom stereocenters. The zero-order valence-electron chi connectivity index (χ0n) is 14.2. The fourth-order valence-electron chi connectivity index (χ4n) is 3.97. The summed E-state index contributed by atoms with van der Waals surface area (Å²) in [4.78, 5) is 14.3. The monoisotopic (exact) mass is 331 g/mol. The van der Waals surface area contributed by atoms with Crippen LogP contribution < -0.4 is 9.47 Å². The van der Waals surface area contributed by atoms with E-state index in [1.165, 1.54) is 5.56 Å². The van der Waals surface area contributed by atoms with E-state index in [0.717, 1.165) is 43.7 Å². The van der Waals surface area contributed by atoms with Crippen LogP contribution in [0.1, 0.15) is 38.2 Å². The van der Waals surface area contributed by atoms with Crippen LogP contribution in [0.15, 0.2) is 18.2 Å². The van der Waals surface area contributed by atoms with Gasteiger partial charge in [-0.05, 0) is 48.8 Å². The lowest BCUT2D eigenvalue weighted by Gasteiger charge is -2.41. The Balaban J connectivity index is 1.46. The molecule has 5 heteroatoms. The Morgan fingerprint density at radius 3 is 2.75 bits per heavy atom. The molecule has 5 nitrogen and oxygen atoms in total. The molecule has 0 radical (unpaired) electrons. The Labute approximate surface area is 142 Å². The fraction of sp³-hybridized carbons (Fsp3) is 0.632. The number of amides is 1. The van der Waals surface area contributed by atoms with Crippen molar-refractivity contribution in [1.29, 1.82) is 0 Å². The molecule has 1 aliphatic carbocycles. The Hall–Kier alpha value is -1.75. The average molecular weight is 331 g/mol. The number of nitrogens with zero attached hydrogens (tertiary/aromatic N) is 1. The van der Waals surface area contributed by atoms with Crippen LogP contribution >= 0.6 is 0 Å². The van der Waals surface area contributed by atoms with Gasteiger partial charge in [-0.15, -0.1) is 0 Å². The Morgan fingerprint density at radius 2 is 2.00 bits per heavy atom. The van der Waals surface area contributed by atoms with Crippen LogP contribution in [0, 0.1) is 10.8 Å². The van der Waals surface area contributed by atoms with Gasteiger partial charge in [-0.1, -0.05) is 13.0 Å². The minimum atomic E-state index is -0.0212. The summed E-state index contributed by atoms with van der Waals surface area (Å²) in [5.41, 5.74) is 1.26. The number of hydrogen-bond acceptors (Lipinski definition) is 4. The van der Waals surface area contributed by atoms with Gasteiger partial charge in [0.05, 0.1) is 6.61 Å². The van der Waals surface area contributed by atoms with E-state index in [9.17, 15) is 9.90 Å². The van der Waals surface area contributed by atoms with Crippen molar-refractivity contribution in [3.63, 3.8) is 0 Å². The van der Waals surface area contributed by atoms with Crippen LogP contribution in [-0.2, 0) is 11.2 Å². The quantitative estimate of drug-likeness (QED) is 0.900. The Bertz CT molecular complexity index is 655. The highest BCUT2D eigenvalue weighted by atomic mass is 16.7. The largest absolute Gasteiger partial charge is 0.454 e. The molecular weight excluding hydrogens is 306 g/mol. The molecule has 1 N–H and O–H groups in total. The molecular formula is C19H25NO4. The van der Waals surface area contributed by atoms with E-state index in [1.54, 1.807) is 0 Å². The van der Waals surface area contributed by atoms with E-state index in [0.29, 0.717) is 19.8 Å². The van der Waals surface area contributed by atoms with Crippen molar-refractivity contribution in [3.8, 4) is 11.5 Å². The third-order valence-electron chi connectivity index (χ3n) is 5.75. The van der Waals surface area contributed by atoms with Gasteiger partial charge in [-0.25, -0.2) is 0 Å². The summed E-state index contributed by atoms with van der Waals surface area (Å²) >= 11 is 0. The van der Waals surface area contributed by atoms with E-state index in [2.05, 4.69) is 19.1 Å². The highest BCUT2D eigenvalue weighted by Gasteiger charge is 2.46. The highest BCUT2D eigenvalue weighted by molar-refractivity contribution is 5.77. The van der Waals surface area contributed by atoms with Crippen LogP contribution in [0.3, 0.4) is 0 Å². The molecule has 4 rings (SSSR count). The van der Waals surface area contributed by atoms with Gasteiger partial charge in [-0.2, -0.15) is 0 Å². The van der Waals surface area contributed by atoms with E-state index in [-0.39, 0.29) is 23.3 Å². The first-order valence-electron chi connectivity index (χ1n) is 8.78. The summed E-state index contributed by atoms with van der Waals surface area (Å²) in [6.45, 7) is 4.22. The van der Waals surface area contributed by atoms with Crippen LogP contribution in [0.4, 0.5) is 0 Å². The van der Waals surface area contributed by atoms with Crippen molar-refractivity contribution in [3.05, 3.63) is 23.8 Å². The van der Waals surface area contributed by atoms with Gasteiger partial charge in [0.15, 0.2) is 11.5 Å². The predicted molar refractivity (Wildman–Crippen MR) is 88.9 cm³/mol. The van der Waals surface area contributed by atoms with E-state index in [1.807, 2.05) is 11.0 Å². The number of fused-ring (bicyclic) bond motifs is 1. The van der Waals surface area contributed by atoms with Crippen LogP contribution in [0.5, 0.6) is 11.5 Å². The number of likely N-dealkylation sites (tertiary alicyclic amines) is 1. The molecule has 1 aromatic rings. The van der Waals surface area contributed by atoms with Gasteiger partial charge in [-0.3, -0.25) is 4.79 Å². The molecule has 0 bridgehead atoms. The summed E-state index contributed by atoms with van der Waals surface area (Å²) in [6, 6.07) is 6.12. The Kier molecular flexibility index (Phi) is 3.71. The summed E-state index contributed by atoms with van der Waals surface area (Å²) in [6.07, 6.45) is 4.49. The van der Waals surface area contributed by atoms with Gasteiger partial charge < -0.3 is 19.5 Å². The highest BCUT2D eigenvalue weighted by Crippen LogP contribution is 2.47. The normalized spacial score (nSPS) is 27.4. The van der Waals surface area contributed by atoms with Crippen molar-refractivity contribution in [2.45, 2.75) is 39.0 Å². The third-order valence-corrected chi connectivity index (χ3v) is 5.75. The molecule has 24 heavy (non-hydrogen) atoms. The lowest BCUT2D eigenvalue weighted by molar-refractivity contribution is -0.138. The van der Waals surface area contributed by atoms with E-state index in [4.69, 9.17) is 9.47 Å². The van der Waals surface area contributed by atoms with E-state index >= 15 is 0 Å². The van der Waals surface area contributed by atoms with Gasteiger partial charge in [0, 0.05) is 24.9 Å². The molecule has 2 fully saturated rings. The van der Waals surface area contributed by atoms with Gasteiger partial charge in [0.1, 0.15) is 0 Å². The summed E-state index contributed by atoms with van der Waals surface area (Å²) in [7, 11) is 0. The molecule has 1 atom stereocenters. The van der Waals surface area contributed by atoms with Crippen molar-refractivity contribution in [1.82, 2.24) is 4.90 Å². The van der Waals surface area contributed by atoms with Crippen molar-refractivity contribution >= 4 is 5.91 Å². The standard InChI is InChI=1S/C19H25NO4/c1-18(9-14-2-3-15-16(8-14)24-13-23-15)5-4-17(22)20(10-18)11-19(12-21)6-7-19/h2-3,8,21H,4-7,9-13H2,1H3/t18-/m1/s1. The summed E-state index contributed by atoms with van der Waals surface area (Å²) < 4.78 is 10.8.